The molecule has 212 valence electrons. The number of rotatable bonds is 12. The van der Waals surface area contributed by atoms with Crippen molar-refractivity contribution in [1.82, 2.24) is 5.32 Å². The van der Waals surface area contributed by atoms with Gasteiger partial charge in [-0.3, -0.25) is 4.79 Å². The normalized spacial score (nSPS) is 13.1. The summed E-state index contributed by atoms with van der Waals surface area (Å²) < 4.78 is 19.7. The lowest BCUT2D eigenvalue weighted by Gasteiger charge is -2.21. The third-order valence-corrected chi connectivity index (χ3v) is 10.7. The number of hydrogen-bond acceptors (Lipinski definition) is 5. The summed E-state index contributed by atoms with van der Waals surface area (Å²) in [5.74, 6) is -0.104. The van der Waals surface area contributed by atoms with Gasteiger partial charge in [0.15, 0.2) is 0 Å². The fourth-order valence-corrected chi connectivity index (χ4v) is 8.21. The van der Waals surface area contributed by atoms with Crippen LogP contribution >= 0.6 is 18.9 Å². The van der Waals surface area contributed by atoms with Gasteiger partial charge in [-0.1, -0.05) is 91.0 Å². The summed E-state index contributed by atoms with van der Waals surface area (Å²) in [7, 11) is -1.57. The maximum Gasteiger partial charge on any atom is 0.328 e. The number of esters is 1. The number of thioether (sulfide) groups is 1. The van der Waals surface area contributed by atoms with Crippen LogP contribution in [-0.4, -0.2) is 37.0 Å². The molecule has 7 heteroatoms. The highest BCUT2D eigenvalue weighted by Gasteiger charge is 2.28. The van der Waals surface area contributed by atoms with Crippen LogP contribution in [0.15, 0.2) is 103 Å². The first kappa shape index (κ1) is 30.4. The standard InChI is InChI=1S/C34H36NO4PS/c1-25-12-10-11-17-29(25)31-22-27(18-19-30(31)33(36)35-32(20-21-41-3)34(37)39-2)24-40(38,28-15-8-5-9-16-28)23-26-13-6-4-7-14-26/h4-19,22,32H,20-21,23-24H2,1-3H3,(H,35,36)/t32-,40?/m0/s1. The van der Waals surface area contributed by atoms with E-state index in [1.165, 1.54) is 7.11 Å². The van der Waals surface area contributed by atoms with Gasteiger partial charge in [-0.25, -0.2) is 4.79 Å². The molecule has 5 nitrogen and oxygen atoms in total. The van der Waals surface area contributed by atoms with Gasteiger partial charge < -0.3 is 14.6 Å². The van der Waals surface area contributed by atoms with E-state index in [0.717, 1.165) is 33.1 Å². The molecule has 1 amide bonds. The summed E-state index contributed by atoms with van der Waals surface area (Å²) in [5, 5.41) is 3.72. The van der Waals surface area contributed by atoms with E-state index >= 15 is 0 Å². The molecular weight excluding hydrogens is 549 g/mol. The Balaban J connectivity index is 1.75. The molecule has 0 radical (unpaired) electrons. The fourth-order valence-electron chi connectivity index (χ4n) is 4.96. The number of amides is 1. The first-order chi connectivity index (χ1) is 19.8. The monoisotopic (exact) mass is 585 g/mol. The van der Waals surface area contributed by atoms with Gasteiger partial charge in [0.1, 0.15) is 13.2 Å². The molecule has 41 heavy (non-hydrogen) atoms. The van der Waals surface area contributed by atoms with E-state index in [2.05, 4.69) is 5.32 Å². The maximum absolute atomic E-state index is 14.7. The molecule has 4 aromatic carbocycles. The van der Waals surface area contributed by atoms with Crippen molar-refractivity contribution in [3.8, 4) is 11.1 Å². The Bertz CT molecular complexity index is 1520. The Labute approximate surface area is 247 Å². The van der Waals surface area contributed by atoms with E-state index in [9.17, 15) is 14.2 Å². The summed E-state index contributed by atoms with van der Waals surface area (Å²) in [6.45, 7) is 2.00. The number of ether oxygens (including phenoxy) is 1. The highest BCUT2D eigenvalue weighted by molar-refractivity contribution is 7.98. The van der Waals surface area contributed by atoms with Gasteiger partial charge in [-0.15, -0.1) is 0 Å². The lowest BCUT2D eigenvalue weighted by atomic mass is 9.94. The van der Waals surface area contributed by atoms with Crippen molar-refractivity contribution in [1.29, 1.82) is 0 Å². The molecule has 1 N–H and O–H groups in total. The average Bonchev–Trinajstić information content (AvgIpc) is 3.00. The zero-order chi connectivity index (χ0) is 29.2. The van der Waals surface area contributed by atoms with Crippen LogP contribution in [0.3, 0.4) is 0 Å². The third-order valence-electron chi connectivity index (χ3n) is 7.11. The topological polar surface area (TPSA) is 72.5 Å². The van der Waals surface area contributed by atoms with E-state index in [-0.39, 0.29) is 5.91 Å². The number of carbonyl (C=O) groups is 2. The van der Waals surface area contributed by atoms with E-state index < -0.39 is 19.2 Å². The van der Waals surface area contributed by atoms with Crippen molar-refractivity contribution in [2.24, 2.45) is 0 Å². The second kappa shape index (κ2) is 14.3. The first-order valence-corrected chi connectivity index (χ1v) is 17.1. The molecular formula is C34H36NO4PS. The quantitative estimate of drug-likeness (QED) is 0.142. The second-order valence-corrected chi connectivity index (χ2v) is 14.0. The molecule has 0 aliphatic carbocycles. The Kier molecular flexibility index (Phi) is 10.6. The molecule has 0 saturated heterocycles. The third kappa shape index (κ3) is 7.78. The summed E-state index contributed by atoms with van der Waals surface area (Å²) in [5.41, 5.74) is 5.03. The lowest BCUT2D eigenvalue weighted by molar-refractivity contribution is -0.142. The zero-order valence-corrected chi connectivity index (χ0v) is 25.4. The maximum atomic E-state index is 14.7. The predicted octanol–water partition coefficient (Wildman–Crippen LogP) is 7.08. The smallest absolute Gasteiger partial charge is 0.328 e. The molecule has 0 aliphatic heterocycles. The van der Waals surface area contributed by atoms with E-state index in [1.54, 1.807) is 17.8 Å². The number of aryl methyl sites for hydroxylation is 1. The van der Waals surface area contributed by atoms with Crippen LogP contribution in [0.4, 0.5) is 0 Å². The summed E-state index contributed by atoms with van der Waals surface area (Å²) in [6.07, 6.45) is 3.22. The highest BCUT2D eigenvalue weighted by Crippen LogP contribution is 2.51. The van der Waals surface area contributed by atoms with Crippen LogP contribution in [0.5, 0.6) is 0 Å². The molecule has 0 heterocycles. The Morgan fingerprint density at radius 3 is 2.12 bits per heavy atom. The van der Waals surface area contributed by atoms with E-state index in [1.807, 2.05) is 110 Å². The highest BCUT2D eigenvalue weighted by atomic mass is 32.2. The first-order valence-electron chi connectivity index (χ1n) is 13.6. The van der Waals surface area contributed by atoms with Crippen molar-refractivity contribution in [3.63, 3.8) is 0 Å². The Morgan fingerprint density at radius 2 is 1.46 bits per heavy atom. The van der Waals surface area contributed by atoms with Gasteiger partial charge in [-0.2, -0.15) is 11.8 Å². The average molecular weight is 586 g/mol. The summed E-state index contributed by atoms with van der Waals surface area (Å²) in [6, 6.07) is 32.4. The van der Waals surface area contributed by atoms with Gasteiger partial charge in [0.2, 0.25) is 0 Å². The van der Waals surface area contributed by atoms with Crippen molar-refractivity contribution >= 4 is 36.1 Å². The van der Waals surface area contributed by atoms with E-state index in [0.29, 0.717) is 30.1 Å². The van der Waals surface area contributed by atoms with Gasteiger partial charge in [-0.05, 0) is 65.3 Å². The summed E-state index contributed by atoms with van der Waals surface area (Å²) >= 11 is 1.60. The molecule has 2 atom stereocenters. The number of methoxy groups -OCH3 is 1. The van der Waals surface area contributed by atoms with Crippen LogP contribution < -0.4 is 10.6 Å². The zero-order valence-electron chi connectivity index (χ0n) is 23.7. The molecule has 0 spiro atoms. The molecule has 0 bridgehead atoms. The minimum absolute atomic E-state index is 0.346. The van der Waals surface area contributed by atoms with E-state index in [4.69, 9.17) is 4.74 Å². The molecule has 0 aromatic heterocycles. The van der Waals surface area contributed by atoms with Crippen LogP contribution in [0.2, 0.25) is 0 Å². The molecule has 0 aliphatic rings. The molecule has 4 aromatic rings. The predicted molar refractivity (Wildman–Crippen MR) is 170 cm³/mol. The van der Waals surface area contributed by atoms with Crippen LogP contribution in [0, 0.1) is 6.92 Å². The van der Waals surface area contributed by atoms with Crippen LogP contribution in [-0.2, 0) is 26.4 Å². The van der Waals surface area contributed by atoms with Gasteiger partial charge >= 0.3 is 5.97 Å². The lowest BCUT2D eigenvalue weighted by Crippen LogP contribution is -2.42. The largest absolute Gasteiger partial charge is 0.467 e. The van der Waals surface area contributed by atoms with Crippen molar-refractivity contribution in [2.45, 2.75) is 31.7 Å². The van der Waals surface area contributed by atoms with Crippen molar-refractivity contribution < 1.29 is 18.9 Å². The van der Waals surface area contributed by atoms with Gasteiger partial charge in [0.05, 0.1) is 7.11 Å². The molecule has 4 rings (SSSR count). The van der Waals surface area contributed by atoms with Crippen molar-refractivity contribution in [2.75, 3.05) is 19.1 Å². The minimum Gasteiger partial charge on any atom is -0.467 e. The van der Waals surface area contributed by atoms with Gasteiger partial charge in [0.25, 0.3) is 5.91 Å². The molecule has 1 unspecified atom stereocenters. The number of carbonyl (C=O) groups excluding carboxylic acids is 2. The molecule has 0 saturated carbocycles. The summed E-state index contributed by atoms with van der Waals surface area (Å²) in [4.78, 5) is 26.0. The SMILES string of the molecule is COC(=O)[C@H](CCSC)NC(=O)c1ccc(CP(=O)(Cc2ccccc2)c2ccccc2)cc1-c1ccccc1C. The number of hydrogen-bond donors (Lipinski definition) is 1. The minimum atomic E-state index is -2.89. The number of benzene rings is 4. The van der Waals surface area contributed by atoms with Gasteiger partial charge in [0, 0.05) is 23.2 Å². The van der Waals surface area contributed by atoms with Crippen LogP contribution in [0.1, 0.15) is 33.5 Å². The Hall–Kier alpha value is -3.60. The van der Waals surface area contributed by atoms with Crippen LogP contribution in [0.25, 0.3) is 11.1 Å². The number of nitrogens with one attached hydrogen (secondary N) is 1. The Morgan fingerprint density at radius 1 is 0.829 bits per heavy atom. The van der Waals surface area contributed by atoms with Crippen molar-refractivity contribution in [3.05, 3.63) is 125 Å². The second-order valence-electron chi connectivity index (χ2n) is 10.1. The fraction of sp³-hybridized carbons (Fsp3) is 0.235. The molecule has 0 fully saturated rings.